The van der Waals surface area contributed by atoms with Gasteiger partial charge >= 0.3 is 0 Å². The van der Waals surface area contributed by atoms with E-state index in [1.54, 1.807) is 12.1 Å². The summed E-state index contributed by atoms with van der Waals surface area (Å²) < 4.78 is 33.6. The van der Waals surface area contributed by atoms with E-state index < -0.39 is 17.5 Å². The molecule has 3 rings (SSSR count). The number of piperidine rings is 1. The monoisotopic (exact) mass is 374 g/mol. The molecule has 4 nitrogen and oxygen atoms in total. The van der Waals surface area contributed by atoms with Crippen LogP contribution in [0.25, 0.3) is 11.1 Å². The van der Waals surface area contributed by atoms with Crippen LogP contribution in [0.4, 0.5) is 8.78 Å². The molecule has 6 heteroatoms. The Morgan fingerprint density at radius 3 is 2.74 bits per heavy atom. The second kappa shape index (κ2) is 8.95. The van der Waals surface area contributed by atoms with Gasteiger partial charge < -0.3 is 15.4 Å². The molecule has 1 fully saturated rings. The lowest BCUT2D eigenvalue weighted by molar-refractivity contribution is 0.0946. The van der Waals surface area contributed by atoms with Crippen molar-refractivity contribution >= 4 is 5.91 Å². The molecule has 1 unspecified atom stereocenters. The molecule has 27 heavy (non-hydrogen) atoms. The quantitative estimate of drug-likeness (QED) is 0.810. The predicted octanol–water partition coefficient (Wildman–Crippen LogP) is 3.76. The van der Waals surface area contributed by atoms with Crippen LogP contribution in [0, 0.1) is 17.6 Å². The summed E-state index contributed by atoms with van der Waals surface area (Å²) in [6, 6.07) is 8.51. The third-order valence-corrected chi connectivity index (χ3v) is 4.94. The molecule has 2 aromatic rings. The standard InChI is InChI=1S/C21H24F2N2O2/c1-27-16-5-7-17(20(23)12-16)15-4-6-18(19(22)11-15)21(26)25-10-8-14-3-2-9-24-13-14/h4-7,11-12,14,24H,2-3,8-10,13H2,1H3,(H,25,26). The number of carbonyl (C=O) groups is 1. The van der Waals surface area contributed by atoms with E-state index in [-0.39, 0.29) is 11.1 Å². The summed E-state index contributed by atoms with van der Waals surface area (Å²) in [6.45, 7) is 2.53. The Morgan fingerprint density at radius 1 is 1.22 bits per heavy atom. The average Bonchev–Trinajstić information content (AvgIpc) is 2.68. The van der Waals surface area contributed by atoms with Crippen molar-refractivity contribution in [1.82, 2.24) is 10.6 Å². The van der Waals surface area contributed by atoms with Gasteiger partial charge in [-0.3, -0.25) is 4.79 Å². The van der Waals surface area contributed by atoms with Gasteiger partial charge in [0.15, 0.2) is 0 Å². The number of rotatable bonds is 6. The van der Waals surface area contributed by atoms with Crippen LogP contribution in [0.15, 0.2) is 36.4 Å². The van der Waals surface area contributed by atoms with Gasteiger partial charge in [0.05, 0.1) is 12.7 Å². The van der Waals surface area contributed by atoms with Crippen molar-refractivity contribution in [2.75, 3.05) is 26.7 Å². The summed E-state index contributed by atoms with van der Waals surface area (Å²) in [5.74, 6) is -0.685. The predicted molar refractivity (Wildman–Crippen MR) is 101 cm³/mol. The minimum absolute atomic E-state index is 0.0329. The number of hydrogen-bond donors (Lipinski definition) is 2. The maximum Gasteiger partial charge on any atom is 0.254 e. The minimum atomic E-state index is -0.667. The molecule has 144 valence electrons. The largest absolute Gasteiger partial charge is 0.497 e. The van der Waals surface area contributed by atoms with Gasteiger partial charge in [-0.25, -0.2) is 8.78 Å². The second-order valence-electron chi connectivity index (χ2n) is 6.80. The van der Waals surface area contributed by atoms with Gasteiger partial charge in [-0.15, -0.1) is 0 Å². The molecule has 0 spiro atoms. The van der Waals surface area contributed by atoms with Crippen LogP contribution in [0.3, 0.4) is 0 Å². The Labute approximate surface area is 157 Å². The summed E-state index contributed by atoms with van der Waals surface area (Å²) in [4.78, 5) is 12.2. The van der Waals surface area contributed by atoms with Crippen molar-refractivity contribution in [3.8, 4) is 16.9 Å². The van der Waals surface area contributed by atoms with Gasteiger partial charge in [-0.05, 0) is 68.1 Å². The first-order valence-corrected chi connectivity index (χ1v) is 9.21. The minimum Gasteiger partial charge on any atom is -0.497 e. The molecule has 2 aromatic carbocycles. The highest BCUT2D eigenvalue weighted by molar-refractivity contribution is 5.95. The zero-order valence-corrected chi connectivity index (χ0v) is 15.4. The summed E-state index contributed by atoms with van der Waals surface area (Å²) in [7, 11) is 1.45. The van der Waals surface area contributed by atoms with Crippen LogP contribution in [0.2, 0.25) is 0 Å². The maximum atomic E-state index is 14.4. The lowest BCUT2D eigenvalue weighted by Gasteiger charge is -2.22. The van der Waals surface area contributed by atoms with Crippen LogP contribution in [-0.4, -0.2) is 32.7 Å². The first-order valence-electron chi connectivity index (χ1n) is 9.21. The maximum absolute atomic E-state index is 14.4. The molecule has 0 saturated carbocycles. The third-order valence-electron chi connectivity index (χ3n) is 4.94. The number of benzene rings is 2. The summed E-state index contributed by atoms with van der Waals surface area (Å²) in [6.07, 6.45) is 3.17. The van der Waals surface area contributed by atoms with E-state index in [9.17, 15) is 13.6 Å². The number of carbonyl (C=O) groups excluding carboxylic acids is 1. The van der Waals surface area contributed by atoms with Crippen LogP contribution in [0.1, 0.15) is 29.6 Å². The molecule has 1 atom stereocenters. The van der Waals surface area contributed by atoms with E-state index in [0.717, 1.165) is 32.4 Å². The highest BCUT2D eigenvalue weighted by Crippen LogP contribution is 2.27. The fourth-order valence-electron chi connectivity index (χ4n) is 3.38. The average molecular weight is 374 g/mol. The van der Waals surface area contributed by atoms with E-state index in [0.29, 0.717) is 23.8 Å². The lowest BCUT2D eigenvalue weighted by atomic mass is 9.96. The summed E-state index contributed by atoms with van der Waals surface area (Å²) >= 11 is 0. The molecule has 2 N–H and O–H groups in total. The molecule has 1 aliphatic heterocycles. The van der Waals surface area contributed by atoms with Gasteiger partial charge in [0.1, 0.15) is 17.4 Å². The van der Waals surface area contributed by atoms with Crippen LogP contribution in [-0.2, 0) is 0 Å². The molecular formula is C21H24F2N2O2. The van der Waals surface area contributed by atoms with Gasteiger partial charge in [-0.1, -0.05) is 6.07 Å². The number of hydrogen-bond acceptors (Lipinski definition) is 3. The highest BCUT2D eigenvalue weighted by atomic mass is 19.1. The van der Waals surface area contributed by atoms with Crippen molar-refractivity contribution in [1.29, 1.82) is 0 Å². The smallest absolute Gasteiger partial charge is 0.254 e. The lowest BCUT2D eigenvalue weighted by Crippen LogP contribution is -2.33. The number of methoxy groups -OCH3 is 1. The first-order chi connectivity index (χ1) is 13.1. The highest BCUT2D eigenvalue weighted by Gasteiger charge is 2.16. The van der Waals surface area contributed by atoms with Gasteiger partial charge in [0.2, 0.25) is 0 Å². The molecule has 1 saturated heterocycles. The molecule has 1 aliphatic rings. The van der Waals surface area contributed by atoms with Crippen LogP contribution >= 0.6 is 0 Å². The van der Waals surface area contributed by atoms with E-state index in [1.807, 2.05) is 0 Å². The SMILES string of the molecule is COc1ccc(-c2ccc(C(=O)NCCC3CCCNC3)c(F)c2)c(F)c1. The van der Waals surface area contributed by atoms with E-state index in [4.69, 9.17) is 4.74 Å². The molecule has 0 aromatic heterocycles. The first kappa shape index (κ1) is 19.3. The summed E-state index contributed by atoms with van der Waals surface area (Å²) in [5, 5.41) is 6.11. The molecule has 1 heterocycles. The Morgan fingerprint density at radius 2 is 2.07 bits per heavy atom. The molecule has 0 bridgehead atoms. The third kappa shape index (κ3) is 4.83. The van der Waals surface area contributed by atoms with E-state index in [1.165, 1.54) is 31.4 Å². The summed E-state index contributed by atoms with van der Waals surface area (Å²) in [5.41, 5.74) is 0.596. The fourth-order valence-corrected chi connectivity index (χ4v) is 3.38. The molecule has 0 radical (unpaired) electrons. The van der Waals surface area contributed by atoms with Crippen molar-refractivity contribution in [3.05, 3.63) is 53.6 Å². The van der Waals surface area contributed by atoms with Crippen molar-refractivity contribution in [2.45, 2.75) is 19.3 Å². The molecular weight excluding hydrogens is 350 g/mol. The normalized spacial score (nSPS) is 16.8. The van der Waals surface area contributed by atoms with Crippen molar-refractivity contribution < 1.29 is 18.3 Å². The molecule has 0 aliphatic carbocycles. The Balaban J connectivity index is 1.64. The number of halogens is 2. The van der Waals surface area contributed by atoms with Gasteiger partial charge in [0, 0.05) is 18.2 Å². The van der Waals surface area contributed by atoms with E-state index >= 15 is 0 Å². The second-order valence-corrected chi connectivity index (χ2v) is 6.80. The Bertz CT molecular complexity index is 805. The van der Waals surface area contributed by atoms with Gasteiger partial charge in [-0.2, -0.15) is 0 Å². The number of ether oxygens (including phenoxy) is 1. The van der Waals surface area contributed by atoms with Crippen molar-refractivity contribution in [3.63, 3.8) is 0 Å². The fraction of sp³-hybridized carbons (Fsp3) is 0.381. The number of nitrogens with one attached hydrogen (secondary N) is 2. The van der Waals surface area contributed by atoms with Crippen molar-refractivity contribution in [2.24, 2.45) is 5.92 Å². The van der Waals surface area contributed by atoms with Crippen LogP contribution in [0.5, 0.6) is 5.75 Å². The molecule has 1 amide bonds. The Hall–Kier alpha value is -2.47. The zero-order valence-electron chi connectivity index (χ0n) is 15.4. The Kier molecular flexibility index (Phi) is 6.40. The topological polar surface area (TPSA) is 50.4 Å². The van der Waals surface area contributed by atoms with Crippen LogP contribution < -0.4 is 15.4 Å². The zero-order chi connectivity index (χ0) is 19.2. The van der Waals surface area contributed by atoms with E-state index in [2.05, 4.69) is 10.6 Å². The number of amides is 1. The van der Waals surface area contributed by atoms with Gasteiger partial charge in [0.25, 0.3) is 5.91 Å².